The van der Waals surface area contributed by atoms with Gasteiger partial charge < -0.3 is 20.6 Å². The molecule has 2 atom stereocenters. The number of hydrogen-bond acceptors (Lipinski definition) is 8. The minimum Gasteiger partial charge on any atom is -0.416 e. The Morgan fingerprint density at radius 2 is 0.759 bits per heavy atom. The molecule has 162 valence electrons. The van der Waals surface area contributed by atoms with Crippen molar-refractivity contribution in [3.63, 3.8) is 0 Å². The van der Waals surface area contributed by atoms with Gasteiger partial charge in [-0.2, -0.15) is 15.8 Å². The maximum atomic E-state index is 9.18. The van der Waals surface area contributed by atoms with Gasteiger partial charge in [0.2, 0.25) is 0 Å². The Labute approximate surface area is 180 Å². The maximum Gasteiger partial charge on any atom is 0.318 e. The molecule has 29 heavy (non-hydrogen) atoms. The summed E-state index contributed by atoms with van der Waals surface area (Å²) in [7, 11) is -13.7. The molecular formula is C16H33N3O5Si5. The van der Waals surface area contributed by atoms with Gasteiger partial charge in [0.25, 0.3) is 0 Å². The first-order valence-corrected chi connectivity index (χ1v) is 23.0. The molecule has 1 aliphatic rings. The van der Waals surface area contributed by atoms with Gasteiger partial charge in [0.1, 0.15) is 0 Å². The zero-order valence-corrected chi connectivity index (χ0v) is 23.6. The topological polar surface area (TPSA) is 118 Å². The summed E-state index contributed by atoms with van der Waals surface area (Å²) >= 11 is 0. The van der Waals surface area contributed by atoms with Crippen molar-refractivity contribution in [2.45, 2.75) is 83.2 Å². The van der Waals surface area contributed by atoms with Crippen LogP contribution in [0.5, 0.6) is 0 Å². The molecular weight excluding hydrogens is 455 g/mol. The van der Waals surface area contributed by atoms with Gasteiger partial charge in [-0.1, -0.05) is 0 Å². The highest BCUT2D eigenvalue weighted by molar-refractivity contribution is 6.93. The monoisotopic (exact) mass is 487 g/mol. The average Bonchev–Trinajstić information content (AvgIpc) is 2.53. The fraction of sp³-hybridized carbons (Fsp3) is 0.812. The molecule has 0 aromatic heterocycles. The van der Waals surface area contributed by atoms with Gasteiger partial charge >= 0.3 is 42.8 Å². The smallest absolute Gasteiger partial charge is 0.318 e. The number of hydrogen-bond donors (Lipinski definition) is 0. The van der Waals surface area contributed by atoms with Crippen molar-refractivity contribution in [1.29, 1.82) is 15.8 Å². The molecule has 1 aliphatic heterocycles. The van der Waals surface area contributed by atoms with Gasteiger partial charge in [-0.15, -0.1) is 0 Å². The number of nitrogens with zero attached hydrogens (tertiary/aromatic N) is 3. The van der Waals surface area contributed by atoms with Gasteiger partial charge in [-0.25, -0.2) is 0 Å². The SMILES string of the molecule is C[Si]1(C)O[Si](C)(C)O[Si](C)(CCC#N)O[Si](C)(CCC#N)O[Si](C)(CCC#N)O1. The van der Waals surface area contributed by atoms with Crippen molar-refractivity contribution in [3.8, 4) is 18.2 Å². The zero-order valence-electron chi connectivity index (χ0n) is 18.6. The highest BCUT2D eigenvalue weighted by atomic mass is 28.5. The maximum absolute atomic E-state index is 9.18. The summed E-state index contributed by atoms with van der Waals surface area (Å²) in [6.07, 6.45) is 0.971. The van der Waals surface area contributed by atoms with Crippen molar-refractivity contribution in [1.82, 2.24) is 0 Å². The van der Waals surface area contributed by atoms with E-state index in [4.69, 9.17) is 31.1 Å². The van der Waals surface area contributed by atoms with Gasteiger partial charge in [-0.05, 0) is 45.8 Å². The molecule has 0 bridgehead atoms. The molecule has 1 saturated heterocycles. The van der Waals surface area contributed by atoms with E-state index in [0.717, 1.165) is 0 Å². The van der Waals surface area contributed by atoms with Gasteiger partial charge in [-0.3, -0.25) is 0 Å². The third-order valence-corrected chi connectivity index (χ3v) is 26.1. The lowest BCUT2D eigenvalue weighted by molar-refractivity contribution is 0.229. The molecule has 1 fully saturated rings. The van der Waals surface area contributed by atoms with Crippen LogP contribution < -0.4 is 0 Å². The molecule has 1 heterocycles. The van der Waals surface area contributed by atoms with Crippen molar-refractivity contribution >= 4 is 42.8 Å². The van der Waals surface area contributed by atoms with Crippen LogP contribution in [0.1, 0.15) is 19.3 Å². The molecule has 13 heteroatoms. The molecule has 0 aromatic rings. The first kappa shape index (κ1) is 26.4. The second kappa shape index (κ2) is 10.1. The Bertz CT molecular complexity index is 659. The minimum absolute atomic E-state index is 0.312. The van der Waals surface area contributed by atoms with Crippen LogP contribution in [0, 0.1) is 34.0 Å². The van der Waals surface area contributed by atoms with E-state index in [-0.39, 0.29) is 0 Å². The predicted molar refractivity (Wildman–Crippen MR) is 120 cm³/mol. The van der Waals surface area contributed by atoms with Crippen LogP contribution >= 0.6 is 0 Å². The summed E-state index contributed by atoms with van der Waals surface area (Å²) in [5, 5.41) is 27.5. The summed E-state index contributed by atoms with van der Waals surface area (Å²) in [5.41, 5.74) is 0. The summed E-state index contributed by atoms with van der Waals surface area (Å²) in [6, 6.07) is 8.09. The third kappa shape index (κ3) is 8.94. The lowest BCUT2D eigenvalue weighted by Crippen LogP contribution is -2.66. The van der Waals surface area contributed by atoms with Crippen LogP contribution in [0.3, 0.4) is 0 Å². The van der Waals surface area contributed by atoms with Crippen LogP contribution in [-0.4, -0.2) is 42.8 Å². The van der Waals surface area contributed by atoms with Crippen molar-refractivity contribution in [2.24, 2.45) is 0 Å². The fourth-order valence-corrected chi connectivity index (χ4v) is 31.0. The standard InChI is InChI=1S/C16H33N3O5Si5/c1-25(2)20-26(3,4)22-28(6,15-9-12-18)24-29(7,16-10-13-19)23-27(5,21-25)14-8-11-17/h8-10,14-16H2,1-7H3. The second-order valence-corrected chi connectivity index (χ2v) is 26.7. The van der Waals surface area contributed by atoms with Crippen LogP contribution in [0.2, 0.25) is 64.0 Å². The molecule has 0 N–H and O–H groups in total. The normalized spacial score (nSPS) is 34.3. The largest absolute Gasteiger partial charge is 0.416 e. The third-order valence-electron chi connectivity index (χ3n) is 4.35. The van der Waals surface area contributed by atoms with Gasteiger partial charge in [0, 0.05) is 37.4 Å². The summed E-state index contributed by atoms with van der Waals surface area (Å²) < 4.78 is 32.8. The van der Waals surface area contributed by atoms with E-state index in [9.17, 15) is 5.26 Å². The Balaban J connectivity index is 3.45. The van der Waals surface area contributed by atoms with E-state index in [1.54, 1.807) is 0 Å². The van der Waals surface area contributed by atoms with Crippen LogP contribution in [-0.2, 0) is 20.6 Å². The summed E-state index contributed by atoms with van der Waals surface area (Å²) in [5.74, 6) is 0. The van der Waals surface area contributed by atoms with Crippen LogP contribution in [0.25, 0.3) is 0 Å². The average molecular weight is 488 g/mol. The Morgan fingerprint density at radius 3 is 1.03 bits per heavy atom. The molecule has 8 nitrogen and oxygen atoms in total. The molecule has 0 spiro atoms. The van der Waals surface area contributed by atoms with E-state index in [1.165, 1.54) is 0 Å². The van der Waals surface area contributed by atoms with Crippen molar-refractivity contribution in [2.75, 3.05) is 0 Å². The predicted octanol–water partition coefficient (Wildman–Crippen LogP) is 4.44. The minimum atomic E-state index is -2.87. The number of nitriles is 3. The Kier molecular flexibility index (Phi) is 9.20. The van der Waals surface area contributed by atoms with E-state index < -0.39 is 42.8 Å². The van der Waals surface area contributed by atoms with Crippen LogP contribution in [0.4, 0.5) is 0 Å². The first-order valence-electron chi connectivity index (χ1n) is 9.83. The van der Waals surface area contributed by atoms with Gasteiger partial charge in [0.15, 0.2) is 0 Å². The number of rotatable bonds is 6. The first-order chi connectivity index (χ1) is 13.2. The Hall–Kier alpha value is -0.646. The zero-order chi connectivity index (χ0) is 22.4. The fourth-order valence-electron chi connectivity index (χ4n) is 3.80. The molecule has 0 radical (unpaired) electrons. The molecule has 0 aliphatic carbocycles. The Morgan fingerprint density at radius 1 is 0.483 bits per heavy atom. The molecule has 0 saturated carbocycles. The summed E-state index contributed by atoms with van der Waals surface area (Å²) in [6.45, 7) is 13.8. The van der Waals surface area contributed by atoms with E-state index >= 15 is 0 Å². The lowest BCUT2D eigenvalue weighted by atomic mass is 10.6. The molecule has 0 aromatic carbocycles. The van der Waals surface area contributed by atoms with Gasteiger partial charge in [0.05, 0.1) is 18.2 Å². The second-order valence-electron chi connectivity index (χ2n) is 8.69. The quantitative estimate of drug-likeness (QED) is 0.504. The lowest BCUT2D eigenvalue weighted by Gasteiger charge is -2.48. The van der Waals surface area contributed by atoms with E-state index in [0.29, 0.717) is 37.4 Å². The van der Waals surface area contributed by atoms with E-state index in [2.05, 4.69) is 18.2 Å². The van der Waals surface area contributed by atoms with Crippen molar-refractivity contribution in [3.05, 3.63) is 0 Å². The summed E-state index contributed by atoms with van der Waals surface area (Å²) in [4.78, 5) is 0. The van der Waals surface area contributed by atoms with E-state index in [1.807, 2.05) is 45.8 Å². The van der Waals surface area contributed by atoms with Crippen LogP contribution in [0.15, 0.2) is 0 Å². The van der Waals surface area contributed by atoms with Crippen molar-refractivity contribution < 1.29 is 20.6 Å². The highest BCUT2D eigenvalue weighted by Crippen LogP contribution is 2.36. The molecule has 2 unspecified atom stereocenters. The highest BCUT2D eigenvalue weighted by Gasteiger charge is 2.54. The molecule has 1 rings (SSSR count). The molecule has 0 amide bonds.